The van der Waals surface area contributed by atoms with E-state index in [9.17, 15) is 0 Å². The molecule has 1 aromatic carbocycles. The number of pyridine rings is 1. The van der Waals surface area contributed by atoms with E-state index in [4.69, 9.17) is 4.98 Å². The predicted octanol–water partition coefficient (Wildman–Crippen LogP) is 5.43. The van der Waals surface area contributed by atoms with Crippen molar-refractivity contribution in [3.8, 4) is 0 Å². The van der Waals surface area contributed by atoms with Gasteiger partial charge in [0.2, 0.25) is 0 Å². The molecule has 0 radical (unpaired) electrons. The highest BCUT2D eigenvalue weighted by molar-refractivity contribution is 14.1. The van der Waals surface area contributed by atoms with E-state index in [1.54, 1.807) is 0 Å². The summed E-state index contributed by atoms with van der Waals surface area (Å²) in [6, 6.07) is 8.84. The number of nitrogens with zero attached hydrogens (tertiary/aromatic N) is 1. The summed E-state index contributed by atoms with van der Waals surface area (Å²) in [4.78, 5) is 4.88. The smallest absolute Gasteiger partial charge is 0.0719 e. The lowest BCUT2D eigenvalue weighted by atomic mass is 9.81. The zero-order valence-electron chi connectivity index (χ0n) is 12.6. The number of hydrogen-bond acceptors (Lipinski definition) is 1. The topological polar surface area (TPSA) is 12.9 Å². The zero-order valence-corrected chi connectivity index (χ0v) is 14.8. The molecule has 0 unspecified atom stereocenters. The first-order valence-corrected chi connectivity index (χ1v) is 7.78. The number of fused-ring (bicyclic) bond motifs is 1. The van der Waals surface area contributed by atoms with Gasteiger partial charge >= 0.3 is 0 Å². The van der Waals surface area contributed by atoms with Crippen molar-refractivity contribution in [1.29, 1.82) is 0 Å². The molecule has 1 heterocycles. The van der Waals surface area contributed by atoms with Crippen LogP contribution in [-0.2, 0) is 10.8 Å². The third-order valence-corrected chi connectivity index (χ3v) is 4.02. The highest BCUT2D eigenvalue weighted by atomic mass is 127. The molecule has 0 N–H and O–H groups in total. The number of benzene rings is 1. The van der Waals surface area contributed by atoms with Gasteiger partial charge in [-0.05, 0) is 51.8 Å². The molecule has 19 heavy (non-hydrogen) atoms. The first-order valence-electron chi connectivity index (χ1n) is 6.70. The van der Waals surface area contributed by atoms with Crippen molar-refractivity contribution in [3.05, 3.63) is 39.1 Å². The van der Waals surface area contributed by atoms with Gasteiger partial charge in [0.1, 0.15) is 0 Å². The Hall–Kier alpha value is -0.640. The minimum atomic E-state index is 0.0788. The molecule has 0 bridgehead atoms. The third kappa shape index (κ3) is 3.10. The molecule has 2 aromatic rings. The predicted molar refractivity (Wildman–Crippen MR) is 91.9 cm³/mol. The van der Waals surface area contributed by atoms with Crippen LogP contribution in [0.25, 0.3) is 10.9 Å². The normalized spacial score (nSPS) is 13.0. The van der Waals surface area contributed by atoms with Gasteiger partial charge in [0.15, 0.2) is 0 Å². The van der Waals surface area contributed by atoms with Crippen molar-refractivity contribution >= 4 is 33.5 Å². The molecule has 1 nitrogen and oxygen atoms in total. The van der Waals surface area contributed by atoms with E-state index in [2.05, 4.69) is 88.4 Å². The lowest BCUT2D eigenvalue weighted by Crippen LogP contribution is -2.18. The first kappa shape index (κ1) is 14.8. The Labute approximate surface area is 130 Å². The molecule has 102 valence electrons. The maximum Gasteiger partial charge on any atom is 0.0719 e. The minimum absolute atomic E-state index is 0.0788. The molecule has 0 amide bonds. The molecule has 0 spiro atoms. The molecule has 2 heteroatoms. The van der Waals surface area contributed by atoms with Crippen molar-refractivity contribution in [1.82, 2.24) is 4.98 Å². The second-order valence-electron chi connectivity index (χ2n) is 7.22. The van der Waals surface area contributed by atoms with Gasteiger partial charge in [0.05, 0.1) is 5.52 Å². The molecule has 0 saturated carbocycles. The van der Waals surface area contributed by atoms with Gasteiger partial charge < -0.3 is 0 Å². The van der Waals surface area contributed by atoms with Crippen LogP contribution in [0.3, 0.4) is 0 Å². The molecular formula is C17H22IN. The monoisotopic (exact) mass is 367 g/mol. The van der Waals surface area contributed by atoms with Gasteiger partial charge in [0, 0.05) is 20.1 Å². The van der Waals surface area contributed by atoms with Crippen molar-refractivity contribution < 1.29 is 0 Å². The van der Waals surface area contributed by atoms with E-state index in [0.29, 0.717) is 0 Å². The number of halogens is 1. The van der Waals surface area contributed by atoms with Gasteiger partial charge in [0.25, 0.3) is 0 Å². The second kappa shape index (κ2) is 4.72. The maximum absolute atomic E-state index is 4.88. The fourth-order valence-electron chi connectivity index (χ4n) is 2.21. The summed E-state index contributed by atoms with van der Waals surface area (Å²) in [5, 5.41) is 1.28. The third-order valence-electron chi connectivity index (χ3n) is 3.35. The van der Waals surface area contributed by atoms with Gasteiger partial charge in [-0.1, -0.05) is 47.6 Å². The quantitative estimate of drug-likeness (QED) is 0.566. The van der Waals surface area contributed by atoms with Crippen LogP contribution in [-0.4, -0.2) is 4.98 Å². The second-order valence-corrected chi connectivity index (χ2v) is 8.46. The molecule has 0 atom stereocenters. The molecule has 0 fully saturated rings. The zero-order chi connectivity index (χ0) is 14.4. The highest BCUT2D eigenvalue weighted by Crippen LogP contribution is 2.33. The lowest BCUT2D eigenvalue weighted by Gasteiger charge is -2.26. The van der Waals surface area contributed by atoms with Gasteiger partial charge in [-0.3, -0.25) is 4.98 Å². The summed E-state index contributed by atoms with van der Waals surface area (Å²) < 4.78 is 1.24. The van der Waals surface area contributed by atoms with E-state index in [0.717, 1.165) is 5.52 Å². The average Bonchev–Trinajstić information content (AvgIpc) is 2.24. The Balaban J connectivity index is 2.84. The van der Waals surface area contributed by atoms with Crippen molar-refractivity contribution in [3.63, 3.8) is 0 Å². The van der Waals surface area contributed by atoms with Crippen LogP contribution in [0.15, 0.2) is 24.3 Å². The van der Waals surface area contributed by atoms with E-state index < -0.39 is 0 Å². The van der Waals surface area contributed by atoms with Crippen molar-refractivity contribution in [2.45, 2.75) is 52.4 Å². The molecule has 0 aliphatic carbocycles. The van der Waals surface area contributed by atoms with Crippen LogP contribution in [0, 0.1) is 3.57 Å². The van der Waals surface area contributed by atoms with Crippen LogP contribution in [0.5, 0.6) is 0 Å². The molecule has 0 aliphatic rings. The van der Waals surface area contributed by atoms with Gasteiger partial charge in [-0.25, -0.2) is 0 Å². The van der Waals surface area contributed by atoms with Crippen LogP contribution in [0.1, 0.15) is 52.8 Å². The number of rotatable bonds is 0. The van der Waals surface area contributed by atoms with Crippen LogP contribution in [0.2, 0.25) is 0 Å². The van der Waals surface area contributed by atoms with E-state index in [1.807, 2.05) is 0 Å². The van der Waals surface area contributed by atoms with Crippen LogP contribution in [0.4, 0.5) is 0 Å². The van der Waals surface area contributed by atoms with Crippen LogP contribution < -0.4 is 0 Å². The van der Waals surface area contributed by atoms with Crippen LogP contribution >= 0.6 is 22.6 Å². The van der Waals surface area contributed by atoms with E-state index in [1.165, 1.54) is 20.2 Å². The number of aromatic nitrogens is 1. The molecule has 1 aromatic heterocycles. The summed E-state index contributed by atoms with van der Waals surface area (Å²) >= 11 is 2.35. The Bertz CT molecular complexity index is 615. The minimum Gasteiger partial charge on any atom is -0.252 e. The Morgan fingerprint density at radius 3 is 2.05 bits per heavy atom. The first-order chi connectivity index (χ1) is 8.59. The highest BCUT2D eigenvalue weighted by Gasteiger charge is 2.23. The SMILES string of the molecule is CC(C)(C)c1cc(C(C)(C)C)c2ccc(I)cc2n1. The fourth-order valence-corrected chi connectivity index (χ4v) is 2.68. The Kier molecular flexibility index (Phi) is 3.67. The standard InChI is InChI=1S/C17H22IN/c1-16(2,3)13-10-15(17(4,5)6)19-14-9-11(18)7-8-12(13)14/h7-10H,1-6H3. The van der Waals surface area contributed by atoms with Crippen molar-refractivity contribution in [2.24, 2.45) is 0 Å². The van der Waals surface area contributed by atoms with Gasteiger partial charge in [-0.2, -0.15) is 0 Å². The number of hydrogen-bond donors (Lipinski definition) is 0. The Morgan fingerprint density at radius 2 is 1.53 bits per heavy atom. The average molecular weight is 367 g/mol. The Morgan fingerprint density at radius 1 is 0.895 bits per heavy atom. The lowest BCUT2D eigenvalue weighted by molar-refractivity contribution is 0.558. The van der Waals surface area contributed by atoms with Crippen molar-refractivity contribution in [2.75, 3.05) is 0 Å². The summed E-state index contributed by atoms with van der Waals surface area (Å²) in [6.07, 6.45) is 0. The molecule has 0 saturated heterocycles. The molecular weight excluding hydrogens is 345 g/mol. The maximum atomic E-state index is 4.88. The largest absolute Gasteiger partial charge is 0.252 e. The van der Waals surface area contributed by atoms with Gasteiger partial charge in [-0.15, -0.1) is 0 Å². The van der Waals surface area contributed by atoms with E-state index in [-0.39, 0.29) is 10.8 Å². The summed E-state index contributed by atoms with van der Waals surface area (Å²) in [5.41, 5.74) is 3.89. The fraction of sp³-hybridized carbons (Fsp3) is 0.471. The van der Waals surface area contributed by atoms with E-state index >= 15 is 0 Å². The summed E-state index contributed by atoms with van der Waals surface area (Å²) in [6.45, 7) is 13.5. The summed E-state index contributed by atoms with van der Waals surface area (Å²) in [5.74, 6) is 0. The summed E-state index contributed by atoms with van der Waals surface area (Å²) in [7, 11) is 0. The molecule has 0 aliphatic heterocycles. The molecule has 2 rings (SSSR count).